The molecule has 2 aliphatic heterocycles. The molecule has 2 aliphatic rings. The lowest BCUT2D eigenvalue weighted by atomic mass is 9.97. The van der Waals surface area contributed by atoms with Gasteiger partial charge in [0.25, 0.3) is 0 Å². The highest BCUT2D eigenvalue weighted by Crippen LogP contribution is 2.38. The van der Waals surface area contributed by atoms with Crippen molar-refractivity contribution in [2.75, 3.05) is 0 Å². The van der Waals surface area contributed by atoms with Gasteiger partial charge in [-0.05, 0) is 13.8 Å². The van der Waals surface area contributed by atoms with E-state index >= 15 is 0 Å². The van der Waals surface area contributed by atoms with E-state index < -0.39 is 23.3 Å². The van der Waals surface area contributed by atoms with Crippen molar-refractivity contribution < 1.29 is 19.8 Å². The molecular weight excluding hydrogens is 384 g/mol. The maximum Gasteiger partial charge on any atom is 0.337 e. The first-order chi connectivity index (χ1) is 14.3. The smallest absolute Gasteiger partial charge is 0.337 e. The minimum Gasteiger partial charge on any atom is -0.365 e. The Hall–Kier alpha value is -3.36. The van der Waals surface area contributed by atoms with Crippen LogP contribution in [0.2, 0.25) is 0 Å². The number of amides is 2. The van der Waals surface area contributed by atoms with Gasteiger partial charge in [0.05, 0.1) is 0 Å². The van der Waals surface area contributed by atoms with Gasteiger partial charge in [0.2, 0.25) is 0 Å². The summed E-state index contributed by atoms with van der Waals surface area (Å²) in [6.07, 6.45) is 0.141. The van der Waals surface area contributed by atoms with Crippen LogP contribution in [-0.2, 0) is 21.0 Å². The molecule has 2 aromatic rings. The molecule has 0 aromatic heterocycles. The van der Waals surface area contributed by atoms with Crippen molar-refractivity contribution in [3.8, 4) is 0 Å². The van der Waals surface area contributed by atoms with Gasteiger partial charge in [-0.2, -0.15) is 20.2 Å². The summed E-state index contributed by atoms with van der Waals surface area (Å²) in [5.74, 6) is -2.16. The van der Waals surface area contributed by atoms with Crippen LogP contribution in [0.15, 0.2) is 70.9 Å². The van der Waals surface area contributed by atoms with Crippen LogP contribution in [0.4, 0.5) is 0 Å². The van der Waals surface area contributed by atoms with E-state index in [1.807, 2.05) is 0 Å². The number of nitrogens with zero attached hydrogens (tertiary/aromatic N) is 4. The molecule has 30 heavy (non-hydrogen) atoms. The quantitative estimate of drug-likeness (QED) is 0.743. The third-order valence-electron chi connectivity index (χ3n) is 5.29. The second-order valence-corrected chi connectivity index (χ2v) is 7.62. The molecule has 4 rings (SSSR count). The highest BCUT2D eigenvalue weighted by atomic mass is 16.3. The molecule has 0 aliphatic carbocycles. The van der Waals surface area contributed by atoms with Crippen LogP contribution in [0.25, 0.3) is 0 Å². The summed E-state index contributed by atoms with van der Waals surface area (Å²) in [4.78, 5) is 26.4. The molecule has 8 heteroatoms. The summed E-state index contributed by atoms with van der Waals surface area (Å²) in [7, 11) is 0. The zero-order valence-corrected chi connectivity index (χ0v) is 16.7. The Bertz CT molecular complexity index is 968. The maximum absolute atomic E-state index is 13.2. The number of hydrogen-bond acceptors (Lipinski definition) is 6. The first-order valence-corrected chi connectivity index (χ1v) is 9.58. The van der Waals surface area contributed by atoms with E-state index in [1.165, 1.54) is 0 Å². The van der Waals surface area contributed by atoms with Crippen LogP contribution in [-0.4, -0.2) is 43.5 Å². The predicted octanol–water partition coefficient (Wildman–Crippen LogP) is 1.89. The molecule has 0 spiro atoms. The second-order valence-electron chi connectivity index (χ2n) is 7.62. The molecule has 2 N–H and O–H groups in total. The lowest BCUT2D eigenvalue weighted by Gasteiger charge is -2.34. The van der Waals surface area contributed by atoms with Crippen molar-refractivity contribution in [3.05, 3.63) is 71.8 Å². The van der Waals surface area contributed by atoms with Gasteiger partial charge >= 0.3 is 11.8 Å². The summed E-state index contributed by atoms with van der Waals surface area (Å²) in [5.41, 5.74) is -1.70. The maximum atomic E-state index is 13.2. The van der Waals surface area contributed by atoms with Gasteiger partial charge in [0.15, 0.2) is 11.4 Å². The standard InChI is InChI=1S/C22H22N4O4/c1-15-13-21(29,17-9-5-3-6-10-17)25(23-15)19(27)20(28)26-22(30,14-16(2)24-26)18-11-7-4-8-12-18/h3-12,29-30H,13-14H2,1-2H3/t21-,22-/m0/s1. The molecule has 2 aromatic carbocycles. The van der Waals surface area contributed by atoms with Crippen molar-refractivity contribution in [1.82, 2.24) is 10.0 Å². The van der Waals surface area contributed by atoms with Crippen LogP contribution in [0.3, 0.4) is 0 Å². The molecule has 0 unspecified atom stereocenters. The minimum absolute atomic E-state index is 0.0707. The fourth-order valence-electron chi connectivity index (χ4n) is 3.91. The Labute approximate surface area is 173 Å². The van der Waals surface area contributed by atoms with Gasteiger partial charge in [0, 0.05) is 35.4 Å². The predicted molar refractivity (Wildman–Crippen MR) is 110 cm³/mol. The van der Waals surface area contributed by atoms with Crippen LogP contribution in [0.1, 0.15) is 37.8 Å². The normalized spacial score (nSPS) is 25.9. The highest BCUT2D eigenvalue weighted by molar-refractivity contribution is 6.35. The van der Waals surface area contributed by atoms with E-state index in [-0.39, 0.29) is 12.8 Å². The molecular formula is C22H22N4O4. The molecule has 2 heterocycles. The number of rotatable bonds is 2. The Morgan fingerprint density at radius 3 is 1.40 bits per heavy atom. The third kappa shape index (κ3) is 3.10. The first-order valence-electron chi connectivity index (χ1n) is 9.58. The molecule has 8 nitrogen and oxygen atoms in total. The van der Waals surface area contributed by atoms with Crippen molar-refractivity contribution in [2.45, 2.75) is 38.1 Å². The lowest BCUT2D eigenvalue weighted by Crippen LogP contribution is -2.53. The van der Waals surface area contributed by atoms with Crippen LogP contribution in [0.5, 0.6) is 0 Å². The average molecular weight is 406 g/mol. The Morgan fingerprint density at radius 2 is 1.07 bits per heavy atom. The fraction of sp³-hybridized carbons (Fsp3) is 0.273. The van der Waals surface area contributed by atoms with E-state index in [1.54, 1.807) is 74.5 Å². The lowest BCUT2D eigenvalue weighted by molar-refractivity contribution is -0.180. The highest BCUT2D eigenvalue weighted by Gasteiger charge is 2.52. The second kappa shape index (κ2) is 7.16. The summed E-state index contributed by atoms with van der Waals surface area (Å²) >= 11 is 0. The Kier molecular flexibility index (Phi) is 4.76. The molecule has 154 valence electrons. The number of benzene rings is 2. The number of hydrogen-bond donors (Lipinski definition) is 2. The topological polar surface area (TPSA) is 106 Å². The number of carbonyl (C=O) groups excluding carboxylic acids is 2. The molecule has 0 bridgehead atoms. The summed E-state index contributed by atoms with van der Waals surface area (Å²) in [5, 5.41) is 32.4. The molecule has 0 fully saturated rings. The van der Waals surface area contributed by atoms with Crippen LogP contribution >= 0.6 is 0 Å². The SMILES string of the molecule is CC1=NN(C(=O)C(=O)N2N=C(C)C[C@]2(O)c2ccccc2)[C@@](O)(c2ccccc2)C1. The average Bonchev–Trinajstić information content (AvgIpc) is 3.24. The molecule has 0 saturated heterocycles. The van der Waals surface area contributed by atoms with E-state index in [0.717, 1.165) is 10.0 Å². The van der Waals surface area contributed by atoms with Gasteiger partial charge < -0.3 is 10.2 Å². The van der Waals surface area contributed by atoms with Gasteiger partial charge in [-0.1, -0.05) is 60.7 Å². The van der Waals surface area contributed by atoms with E-state index in [9.17, 15) is 19.8 Å². The number of hydrazone groups is 2. The van der Waals surface area contributed by atoms with E-state index in [0.29, 0.717) is 22.6 Å². The Balaban J connectivity index is 1.69. The number of aliphatic hydroxyl groups is 2. The van der Waals surface area contributed by atoms with Gasteiger partial charge in [0.1, 0.15) is 0 Å². The fourth-order valence-corrected chi connectivity index (χ4v) is 3.91. The molecule has 0 saturated carbocycles. The Morgan fingerprint density at radius 1 is 0.733 bits per heavy atom. The van der Waals surface area contributed by atoms with Crippen molar-refractivity contribution in [2.24, 2.45) is 10.2 Å². The minimum atomic E-state index is -1.79. The zero-order valence-electron chi connectivity index (χ0n) is 16.7. The molecule has 0 radical (unpaired) electrons. The van der Waals surface area contributed by atoms with Crippen molar-refractivity contribution >= 4 is 23.2 Å². The van der Waals surface area contributed by atoms with Crippen LogP contribution in [0, 0.1) is 0 Å². The van der Waals surface area contributed by atoms with Crippen LogP contribution < -0.4 is 0 Å². The summed E-state index contributed by atoms with van der Waals surface area (Å²) in [6, 6.07) is 17.1. The first kappa shape index (κ1) is 19.9. The van der Waals surface area contributed by atoms with E-state index in [4.69, 9.17) is 0 Å². The molecule has 2 amide bonds. The number of carbonyl (C=O) groups is 2. The van der Waals surface area contributed by atoms with Gasteiger partial charge in [-0.25, -0.2) is 0 Å². The monoisotopic (exact) mass is 406 g/mol. The van der Waals surface area contributed by atoms with Crippen molar-refractivity contribution in [3.63, 3.8) is 0 Å². The van der Waals surface area contributed by atoms with Gasteiger partial charge in [-0.3, -0.25) is 9.59 Å². The van der Waals surface area contributed by atoms with Crippen molar-refractivity contribution in [1.29, 1.82) is 0 Å². The van der Waals surface area contributed by atoms with E-state index in [2.05, 4.69) is 10.2 Å². The molecule has 2 atom stereocenters. The third-order valence-corrected chi connectivity index (χ3v) is 5.29. The summed E-state index contributed by atoms with van der Waals surface area (Å²) in [6.45, 7) is 3.34. The van der Waals surface area contributed by atoms with Gasteiger partial charge in [-0.15, -0.1) is 0 Å². The zero-order chi connectivity index (χ0) is 21.5. The largest absolute Gasteiger partial charge is 0.365 e. The summed E-state index contributed by atoms with van der Waals surface area (Å²) < 4.78 is 0.